The molecule has 0 unspecified atom stereocenters. The Bertz CT molecular complexity index is 640. The highest BCUT2D eigenvalue weighted by Gasteiger charge is 2.25. The molecule has 1 aromatic heterocycles. The number of carbonyl (C=O) groups is 1. The molecule has 110 valence electrons. The van der Waals surface area contributed by atoms with Gasteiger partial charge in [0.25, 0.3) is 5.91 Å². The van der Waals surface area contributed by atoms with E-state index in [4.69, 9.17) is 0 Å². The Hall–Kier alpha value is -2.10. The minimum absolute atomic E-state index is 0.131. The molecule has 0 spiro atoms. The fourth-order valence-electron chi connectivity index (χ4n) is 3.03. The van der Waals surface area contributed by atoms with Crippen LogP contribution in [0.4, 0.5) is 0 Å². The van der Waals surface area contributed by atoms with E-state index in [0.717, 1.165) is 48.6 Å². The second-order valence-corrected chi connectivity index (χ2v) is 5.65. The first-order valence-electron chi connectivity index (χ1n) is 7.59. The molecule has 0 saturated carbocycles. The van der Waals surface area contributed by atoms with Crippen LogP contribution in [0.1, 0.15) is 41.0 Å². The van der Waals surface area contributed by atoms with Gasteiger partial charge in [-0.05, 0) is 45.2 Å². The SMILES string of the molecule is Cc1nn(-c2ccccc2)c(C)c1C(=O)N1CCCCC1. The number of aromatic nitrogens is 2. The van der Waals surface area contributed by atoms with Crippen molar-refractivity contribution in [3.63, 3.8) is 0 Å². The lowest BCUT2D eigenvalue weighted by atomic mass is 10.1. The van der Waals surface area contributed by atoms with Gasteiger partial charge in [-0.1, -0.05) is 18.2 Å². The maximum Gasteiger partial charge on any atom is 0.257 e. The van der Waals surface area contributed by atoms with Crippen LogP contribution in [0, 0.1) is 13.8 Å². The quantitative estimate of drug-likeness (QED) is 0.849. The predicted molar refractivity (Wildman–Crippen MR) is 82.8 cm³/mol. The summed E-state index contributed by atoms with van der Waals surface area (Å²) >= 11 is 0. The van der Waals surface area contributed by atoms with Gasteiger partial charge in [0, 0.05) is 13.1 Å². The zero-order valence-electron chi connectivity index (χ0n) is 12.7. The fraction of sp³-hybridized carbons (Fsp3) is 0.412. The predicted octanol–water partition coefficient (Wildman–Crippen LogP) is 3.12. The number of hydrogen-bond acceptors (Lipinski definition) is 2. The number of piperidine rings is 1. The number of amides is 1. The molecule has 4 nitrogen and oxygen atoms in total. The minimum Gasteiger partial charge on any atom is -0.339 e. The third-order valence-corrected chi connectivity index (χ3v) is 4.15. The van der Waals surface area contributed by atoms with Crippen molar-refractivity contribution in [2.75, 3.05) is 13.1 Å². The molecule has 0 atom stereocenters. The number of nitrogens with zero attached hydrogens (tertiary/aromatic N) is 3. The average molecular weight is 283 g/mol. The van der Waals surface area contributed by atoms with Gasteiger partial charge in [0.05, 0.1) is 22.6 Å². The normalized spacial score (nSPS) is 15.2. The Balaban J connectivity index is 1.96. The maximum atomic E-state index is 12.8. The molecular formula is C17H21N3O. The van der Waals surface area contributed by atoms with Crippen LogP contribution in [0.25, 0.3) is 5.69 Å². The molecule has 2 aromatic rings. The van der Waals surface area contributed by atoms with Crippen LogP contribution in [0.3, 0.4) is 0 Å². The van der Waals surface area contributed by atoms with E-state index in [1.807, 2.05) is 53.8 Å². The number of aryl methyl sites for hydroxylation is 1. The zero-order chi connectivity index (χ0) is 14.8. The highest BCUT2D eigenvalue weighted by molar-refractivity contribution is 5.96. The first-order chi connectivity index (χ1) is 10.2. The van der Waals surface area contributed by atoms with Crippen LogP contribution in [0.5, 0.6) is 0 Å². The van der Waals surface area contributed by atoms with Gasteiger partial charge in [-0.3, -0.25) is 4.79 Å². The van der Waals surface area contributed by atoms with Gasteiger partial charge < -0.3 is 4.90 Å². The summed E-state index contributed by atoms with van der Waals surface area (Å²) in [5, 5.41) is 4.57. The Kier molecular flexibility index (Phi) is 3.78. The standard InChI is InChI=1S/C17H21N3O/c1-13-16(17(21)19-11-7-4-8-12-19)14(2)20(18-13)15-9-5-3-6-10-15/h3,5-6,9-10H,4,7-8,11-12H2,1-2H3. The molecule has 21 heavy (non-hydrogen) atoms. The van der Waals surface area contributed by atoms with Crippen molar-refractivity contribution in [2.24, 2.45) is 0 Å². The molecule has 0 N–H and O–H groups in total. The fourth-order valence-corrected chi connectivity index (χ4v) is 3.03. The van der Waals surface area contributed by atoms with Crippen LogP contribution in [-0.4, -0.2) is 33.7 Å². The zero-order valence-corrected chi connectivity index (χ0v) is 12.7. The Morgan fingerprint density at radius 2 is 1.71 bits per heavy atom. The van der Waals surface area contributed by atoms with E-state index < -0.39 is 0 Å². The van der Waals surface area contributed by atoms with E-state index in [9.17, 15) is 4.79 Å². The molecular weight excluding hydrogens is 262 g/mol. The minimum atomic E-state index is 0.131. The summed E-state index contributed by atoms with van der Waals surface area (Å²) in [5.41, 5.74) is 3.50. The molecule has 0 bridgehead atoms. The molecule has 1 saturated heterocycles. The summed E-state index contributed by atoms with van der Waals surface area (Å²) in [6.45, 7) is 5.64. The van der Waals surface area contributed by atoms with Gasteiger partial charge in [-0.2, -0.15) is 5.10 Å². The van der Waals surface area contributed by atoms with Crippen molar-refractivity contribution in [3.8, 4) is 5.69 Å². The molecule has 1 amide bonds. The molecule has 3 rings (SSSR count). The van der Waals surface area contributed by atoms with Crippen LogP contribution in [0.15, 0.2) is 30.3 Å². The van der Waals surface area contributed by atoms with Crippen molar-refractivity contribution < 1.29 is 4.79 Å². The topological polar surface area (TPSA) is 38.1 Å². The monoisotopic (exact) mass is 283 g/mol. The summed E-state index contributed by atoms with van der Waals surface area (Å²) in [6.07, 6.45) is 3.44. The maximum absolute atomic E-state index is 12.8. The second kappa shape index (κ2) is 5.72. The van der Waals surface area contributed by atoms with E-state index in [0.29, 0.717) is 0 Å². The Morgan fingerprint density at radius 1 is 1.05 bits per heavy atom. The highest BCUT2D eigenvalue weighted by atomic mass is 16.2. The van der Waals surface area contributed by atoms with E-state index >= 15 is 0 Å². The average Bonchev–Trinajstić information content (AvgIpc) is 2.83. The Morgan fingerprint density at radius 3 is 2.38 bits per heavy atom. The van der Waals surface area contributed by atoms with Crippen LogP contribution in [0.2, 0.25) is 0 Å². The summed E-state index contributed by atoms with van der Waals surface area (Å²) < 4.78 is 1.87. The molecule has 2 heterocycles. The van der Waals surface area contributed by atoms with Crippen LogP contribution >= 0.6 is 0 Å². The van der Waals surface area contributed by atoms with Crippen molar-refractivity contribution in [2.45, 2.75) is 33.1 Å². The van der Waals surface area contributed by atoms with E-state index in [1.54, 1.807) is 0 Å². The van der Waals surface area contributed by atoms with Gasteiger partial charge in [0.15, 0.2) is 0 Å². The molecule has 0 aliphatic carbocycles. The van der Waals surface area contributed by atoms with Gasteiger partial charge in [0.1, 0.15) is 0 Å². The van der Waals surface area contributed by atoms with Crippen molar-refractivity contribution >= 4 is 5.91 Å². The summed E-state index contributed by atoms with van der Waals surface area (Å²) in [6, 6.07) is 9.97. The molecule has 1 aromatic carbocycles. The third-order valence-electron chi connectivity index (χ3n) is 4.15. The van der Waals surface area contributed by atoms with Crippen molar-refractivity contribution in [1.82, 2.24) is 14.7 Å². The van der Waals surface area contributed by atoms with Gasteiger partial charge in [-0.15, -0.1) is 0 Å². The molecule has 1 aliphatic heterocycles. The van der Waals surface area contributed by atoms with Gasteiger partial charge in [0.2, 0.25) is 0 Å². The summed E-state index contributed by atoms with van der Waals surface area (Å²) in [4.78, 5) is 14.7. The molecule has 4 heteroatoms. The van der Waals surface area contributed by atoms with Crippen molar-refractivity contribution in [1.29, 1.82) is 0 Å². The summed E-state index contributed by atoms with van der Waals surface area (Å²) in [5.74, 6) is 0.131. The van der Waals surface area contributed by atoms with Gasteiger partial charge >= 0.3 is 0 Å². The van der Waals surface area contributed by atoms with Crippen LogP contribution < -0.4 is 0 Å². The van der Waals surface area contributed by atoms with E-state index in [1.165, 1.54) is 6.42 Å². The Labute approximate surface area is 125 Å². The number of hydrogen-bond donors (Lipinski definition) is 0. The lowest BCUT2D eigenvalue weighted by molar-refractivity contribution is 0.0723. The number of para-hydroxylation sites is 1. The lowest BCUT2D eigenvalue weighted by Gasteiger charge is -2.26. The number of carbonyl (C=O) groups excluding carboxylic acids is 1. The number of likely N-dealkylation sites (tertiary alicyclic amines) is 1. The van der Waals surface area contributed by atoms with Crippen molar-refractivity contribution in [3.05, 3.63) is 47.3 Å². The molecule has 1 fully saturated rings. The largest absolute Gasteiger partial charge is 0.339 e. The third kappa shape index (κ3) is 2.58. The smallest absolute Gasteiger partial charge is 0.257 e. The van der Waals surface area contributed by atoms with E-state index in [2.05, 4.69) is 5.10 Å². The van der Waals surface area contributed by atoms with Crippen LogP contribution in [-0.2, 0) is 0 Å². The van der Waals surface area contributed by atoms with Gasteiger partial charge in [-0.25, -0.2) is 4.68 Å². The first-order valence-corrected chi connectivity index (χ1v) is 7.59. The lowest BCUT2D eigenvalue weighted by Crippen LogP contribution is -2.36. The highest BCUT2D eigenvalue weighted by Crippen LogP contribution is 2.21. The number of benzene rings is 1. The number of rotatable bonds is 2. The molecule has 0 radical (unpaired) electrons. The summed E-state index contributed by atoms with van der Waals surface area (Å²) in [7, 11) is 0. The van der Waals surface area contributed by atoms with E-state index in [-0.39, 0.29) is 5.91 Å². The second-order valence-electron chi connectivity index (χ2n) is 5.65. The molecule has 1 aliphatic rings. The first kappa shape index (κ1) is 13.9.